The van der Waals surface area contributed by atoms with Crippen LogP contribution in [0.3, 0.4) is 0 Å². The summed E-state index contributed by atoms with van der Waals surface area (Å²) in [7, 11) is -3.77. The molecule has 1 aliphatic heterocycles. The van der Waals surface area contributed by atoms with Crippen LogP contribution in [0.2, 0.25) is 5.02 Å². The molecule has 0 amide bonds. The van der Waals surface area contributed by atoms with Crippen molar-refractivity contribution in [2.45, 2.75) is 54.3 Å². The standard InChI is InChI=1S/C23H24ClN3O3S2/c1-15-6-12-20(13-7-15)32(29,30)26-14-4-5-21(26)23(28)27-17(3)22(16(2)25-27)31-19-10-8-18(24)9-11-19/h6-13,21H,4-5,14H2,1-3H3. The van der Waals surface area contributed by atoms with E-state index in [4.69, 9.17) is 11.6 Å². The van der Waals surface area contributed by atoms with E-state index in [1.807, 2.05) is 45.0 Å². The highest BCUT2D eigenvalue weighted by atomic mass is 35.5. The first kappa shape index (κ1) is 23.0. The Hall–Kier alpha value is -2.13. The van der Waals surface area contributed by atoms with Crippen LogP contribution in [0.1, 0.15) is 34.6 Å². The van der Waals surface area contributed by atoms with E-state index in [-0.39, 0.29) is 10.8 Å². The number of carbonyl (C=O) groups excluding carboxylic acids is 1. The highest BCUT2D eigenvalue weighted by Gasteiger charge is 2.41. The molecule has 1 fully saturated rings. The molecular formula is C23H24ClN3O3S2. The smallest absolute Gasteiger partial charge is 0.265 e. The molecule has 0 radical (unpaired) electrons. The van der Waals surface area contributed by atoms with Crippen molar-refractivity contribution in [1.82, 2.24) is 14.1 Å². The zero-order valence-corrected chi connectivity index (χ0v) is 20.5. The van der Waals surface area contributed by atoms with Gasteiger partial charge in [0.1, 0.15) is 6.04 Å². The van der Waals surface area contributed by atoms with E-state index in [1.165, 1.54) is 20.7 Å². The van der Waals surface area contributed by atoms with Crippen LogP contribution < -0.4 is 0 Å². The van der Waals surface area contributed by atoms with Crippen LogP contribution in [0.5, 0.6) is 0 Å². The van der Waals surface area contributed by atoms with Crippen molar-refractivity contribution >= 4 is 39.3 Å². The van der Waals surface area contributed by atoms with Gasteiger partial charge in [0, 0.05) is 16.5 Å². The number of nitrogens with zero attached hydrogens (tertiary/aromatic N) is 3. The fourth-order valence-electron chi connectivity index (χ4n) is 3.87. The molecule has 1 aliphatic rings. The minimum Gasteiger partial charge on any atom is -0.271 e. The van der Waals surface area contributed by atoms with E-state index in [1.54, 1.807) is 24.3 Å². The van der Waals surface area contributed by atoms with Gasteiger partial charge in [-0.3, -0.25) is 4.79 Å². The lowest BCUT2D eigenvalue weighted by molar-refractivity contribution is 0.0813. The van der Waals surface area contributed by atoms with Crippen LogP contribution >= 0.6 is 23.4 Å². The number of hydrogen-bond acceptors (Lipinski definition) is 5. The van der Waals surface area contributed by atoms with E-state index in [0.717, 1.165) is 21.0 Å². The Morgan fingerprint density at radius 1 is 1.06 bits per heavy atom. The molecule has 1 atom stereocenters. The summed E-state index contributed by atoms with van der Waals surface area (Å²) in [6.07, 6.45) is 1.11. The molecule has 2 heterocycles. The molecule has 4 rings (SSSR count). The summed E-state index contributed by atoms with van der Waals surface area (Å²) in [6.45, 7) is 5.91. The minimum atomic E-state index is -3.77. The lowest BCUT2D eigenvalue weighted by Gasteiger charge is -2.23. The number of rotatable bonds is 5. The summed E-state index contributed by atoms with van der Waals surface area (Å²) in [5.74, 6) is -0.318. The molecule has 9 heteroatoms. The Morgan fingerprint density at radius 2 is 1.72 bits per heavy atom. The normalized spacial score (nSPS) is 17.1. The third-order valence-electron chi connectivity index (χ3n) is 5.58. The van der Waals surface area contributed by atoms with Gasteiger partial charge in [-0.15, -0.1) is 0 Å². The second-order valence-corrected chi connectivity index (χ2v) is 11.3. The summed E-state index contributed by atoms with van der Waals surface area (Å²) in [5, 5.41) is 5.13. The van der Waals surface area contributed by atoms with Crippen molar-refractivity contribution in [2.75, 3.05) is 6.54 Å². The maximum atomic E-state index is 13.4. The number of hydrogen-bond donors (Lipinski definition) is 0. The van der Waals surface area contributed by atoms with E-state index >= 15 is 0 Å². The fourth-order valence-corrected chi connectivity index (χ4v) is 6.58. The van der Waals surface area contributed by atoms with Gasteiger partial charge in [-0.25, -0.2) is 13.1 Å². The first-order valence-electron chi connectivity index (χ1n) is 10.3. The molecule has 0 bridgehead atoms. The molecule has 0 spiro atoms. The van der Waals surface area contributed by atoms with Crippen molar-refractivity contribution in [3.05, 3.63) is 70.5 Å². The van der Waals surface area contributed by atoms with Crippen LogP contribution in [-0.2, 0) is 10.0 Å². The molecule has 168 valence electrons. The quantitative estimate of drug-likeness (QED) is 0.498. The van der Waals surface area contributed by atoms with Gasteiger partial charge in [0.25, 0.3) is 5.91 Å². The van der Waals surface area contributed by atoms with Crippen LogP contribution in [0.25, 0.3) is 0 Å². The Kier molecular flexibility index (Phi) is 6.49. The Morgan fingerprint density at radius 3 is 2.38 bits per heavy atom. The Bertz CT molecular complexity index is 1250. The topological polar surface area (TPSA) is 72.3 Å². The summed E-state index contributed by atoms with van der Waals surface area (Å²) < 4.78 is 29.2. The van der Waals surface area contributed by atoms with Gasteiger partial charge in [-0.05, 0) is 70.0 Å². The van der Waals surface area contributed by atoms with Crippen LogP contribution in [0, 0.1) is 20.8 Å². The average molecular weight is 490 g/mol. The van der Waals surface area contributed by atoms with Gasteiger partial charge in [-0.2, -0.15) is 9.40 Å². The van der Waals surface area contributed by atoms with Crippen molar-refractivity contribution in [3.63, 3.8) is 0 Å². The van der Waals surface area contributed by atoms with Gasteiger partial charge in [0.15, 0.2) is 0 Å². The number of benzene rings is 2. The fraction of sp³-hybridized carbons (Fsp3) is 0.304. The third kappa shape index (κ3) is 4.37. The van der Waals surface area contributed by atoms with Gasteiger partial charge < -0.3 is 0 Å². The van der Waals surface area contributed by atoms with Gasteiger partial charge >= 0.3 is 0 Å². The minimum absolute atomic E-state index is 0.204. The van der Waals surface area contributed by atoms with Crippen molar-refractivity contribution < 1.29 is 13.2 Å². The largest absolute Gasteiger partial charge is 0.271 e. The zero-order chi connectivity index (χ0) is 23.0. The second-order valence-electron chi connectivity index (χ2n) is 7.89. The van der Waals surface area contributed by atoms with Gasteiger partial charge in [0.2, 0.25) is 10.0 Å². The number of sulfonamides is 1. The summed E-state index contributed by atoms with van der Waals surface area (Å²) in [4.78, 5) is 15.5. The van der Waals surface area contributed by atoms with E-state index in [2.05, 4.69) is 5.10 Å². The van der Waals surface area contributed by atoms with E-state index < -0.39 is 16.1 Å². The molecular weight excluding hydrogens is 466 g/mol. The van der Waals surface area contributed by atoms with Crippen molar-refractivity contribution in [3.8, 4) is 0 Å². The summed E-state index contributed by atoms with van der Waals surface area (Å²) in [6, 6.07) is 13.4. The second kappa shape index (κ2) is 9.02. The molecule has 2 aromatic carbocycles. The number of aromatic nitrogens is 2. The van der Waals surface area contributed by atoms with Crippen molar-refractivity contribution in [2.24, 2.45) is 0 Å². The van der Waals surface area contributed by atoms with Crippen LogP contribution in [-0.4, -0.2) is 41.0 Å². The van der Waals surface area contributed by atoms with Crippen LogP contribution in [0.4, 0.5) is 0 Å². The first-order chi connectivity index (χ1) is 15.2. The predicted molar refractivity (Wildman–Crippen MR) is 126 cm³/mol. The molecule has 3 aromatic rings. The molecule has 1 unspecified atom stereocenters. The number of carbonyl (C=O) groups is 1. The lowest BCUT2D eigenvalue weighted by Crippen LogP contribution is -2.43. The van der Waals surface area contributed by atoms with E-state index in [9.17, 15) is 13.2 Å². The molecule has 0 aliphatic carbocycles. The van der Waals surface area contributed by atoms with Crippen LogP contribution in [0.15, 0.2) is 63.2 Å². The SMILES string of the molecule is Cc1ccc(S(=O)(=O)N2CCCC2C(=O)n2nc(C)c(Sc3ccc(Cl)cc3)c2C)cc1. The Labute approximate surface area is 197 Å². The summed E-state index contributed by atoms with van der Waals surface area (Å²) >= 11 is 7.48. The predicted octanol–water partition coefficient (Wildman–Crippen LogP) is 5.11. The van der Waals surface area contributed by atoms with Gasteiger partial charge in [-0.1, -0.05) is 41.1 Å². The summed E-state index contributed by atoms with van der Waals surface area (Å²) in [5.41, 5.74) is 2.40. The maximum absolute atomic E-state index is 13.4. The maximum Gasteiger partial charge on any atom is 0.265 e. The van der Waals surface area contributed by atoms with E-state index in [0.29, 0.717) is 30.1 Å². The monoisotopic (exact) mass is 489 g/mol. The lowest BCUT2D eigenvalue weighted by atomic mass is 10.2. The molecule has 6 nitrogen and oxygen atoms in total. The average Bonchev–Trinajstić information content (AvgIpc) is 3.36. The molecule has 0 N–H and O–H groups in total. The first-order valence-corrected chi connectivity index (χ1v) is 12.9. The zero-order valence-electron chi connectivity index (χ0n) is 18.1. The van der Waals surface area contributed by atoms with Gasteiger partial charge in [0.05, 0.1) is 21.2 Å². The number of halogens is 1. The third-order valence-corrected chi connectivity index (χ3v) is 9.06. The Balaban J connectivity index is 1.62. The molecule has 1 saturated heterocycles. The molecule has 1 aromatic heterocycles. The highest BCUT2D eigenvalue weighted by Crippen LogP contribution is 2.34. The molecule has 32 heavy (non-hydrogen) atoms. The number of aryl methyl sites for hydroxylation is 2. The highest BCUT2D eigenvalue weighted by molar-refractivity contribution is 7.99. The van der Waals surface area contributed by atoms with Crippen molar-refractivity contribution in [1.29, 1.82) is 0 Å². The molecule has 0 saturated carbocycles.